The third-order valence-corrected chi connectivity index (χ3v) is 5.55. The van der Waals surface area contributed by atoms with Crippen molar-refractivity contribution in [1.82, 2.24) is 9.80 Å². The van der Waals surface area contributed by atoms with Gasteiger partial charge in [0.2, 0.25) is 0 Å². The van der Waals surface area contributed by atoms with E-state index in [1.54, 1.807) is 19.1 Å². The summed E-state index contributed by atoms with van der Waals surface area (Å²) in [5.74, 6) is 0.955. The second-order valence-electron chi connectivity index (χ2n) is 7.47. The van der Waals surface area contributed by atoms with Crippen molar-refractivity contribution in [3.63, 3.8) is 0 Å². The molecule has 2 fully saturated rings. The number of carbonyl (C=O) groups is 1. The molecule has 0 radical (unpaired) electrons. The molecule has 7 heteroatoms. The van der Waals surface area contributed by atoms with Crippen LogP contribution in [0.4, 0.5) is 4.39 Å². The fraction of sp³-hybridized carbons (Fsp3) is 0.650. The number of carbonyl (C=O) groups excluding carboxylic acids is 1. The van der Waals surface area contributed by atoms with Gasteiger partial charge in [0.25, 0.3) is 5.91 Å². The number of hydrogen-bond acceptors (Lipinski definition) is 5. The van der Waals surface area contributed by atoms with Gasteiger partial charge in [-0.2, -0.15) is 0 Å². The molecule has 27 heavy (non-hydrogen) atoms. The number of methoxy groups -OCH3 is 2. The lowest BCUT2D eigenvalue weighted by molar-refractivity contribution is -0.160. The Morgan fingerprint density at radius 1 is 1.22 bits per heavy atom. The van der Waals surface area contributed by atoms with Crippen LogP contribution in [0.2, 0.25) is 0 Å². The number of benzene rings is 1. The number of para-hydroxylation sites is 1. The van der Waals surface area contributed by atoms with Crippen LogP contribution in [0.5, 0.6) is 11.5 Å². The van der Waals surface area contributed by atoms with Crippen LogP contribution in [0.3, 0.4) is 0 Å². The summed E-state index contributed by atoms with van der Waals surface area (Å²) in [6.07, 6.45) is 1.33. The molecule has 0 saturated carbocycles. The van der Waals surface area contributed by atoms with E-state index < -0.39 is 11.8 Å². The topological polar surface area (TPSA) is 62.2 Å². The molecule has 0 aliphatic carbocycles. The van der Waals surface area contributed by atoms with Crippen LogP contribution in [0.15, 0.2) is 18.2 Å². The van der Waals surface area contributed by atoms with Crippen LogP contribution in [0, 0.1) is 0 Å². The minimum absolute atomic E-state index is 0.263. The van der Waals surface area contributed by atoms with Crippen molar-refractivity contribution in [1.29, 1.82) is 0 Å². The van der Waals surface area contributed by atoms with Crippen molar-refractivity contribution in [2.75, 3.05) is 40.4 Å². The summed E-state index contributed by atoms with van der Waals surface area (Å²) in [6, 6.07) is 5.57. The van der Waals surface area contributed by atoms with Gasteiger partial charge in [0.15, 0.2) is 17.1 Å². The number of amides is 1. The number of aliphatic hydroxyl groups is 1. The number of rotatable bonds is 6. The zero-order valence-electron chi connectivity index (χ0n) is 16.1. The lowest BCUT2D eigenvalue weighted by Gasteiger charge is -2.42. The first-order valence-corrected chi connectivity index (χ1v) is 9.55. The Bertz CT molecular complexity index is 663. The molecule has 1 N–H and O–H groups in total. The monoisotopic (exact) mass is 380 g/mol. The highest BCUT2D eigenvalue weighted by atomic mass is 19.1. The van der Waals surface area contributed by atoms with Gasteiger partial charge in [-0.15, -0.1) is 0 Å². The highest BCUT2D eigenvalue weighted by molar-refractivity contribution is 5.86. The van der Waals surface area contributed by atoms with Gasteiger partial charge in [0.05, 0.1) is 14.2 Å². The van der Waals surface area contributed by atoms with Crippen LogP contribution in [-0.2, 0) is 11.3 Å². The van der Waals surface area contributed by atoms with Crippen molar-refractivity contribution < 1.29 is 23.8 Å². The molecule has 150 valence electrons. The fourth-order valence-corrected chi connectivity index (χ4v) is 4.08. The van der Waals surface area contributed by atoms with Gasteiger partial charge in [0, 0.05) is 38.3 Å². The molecule has 2 aliphatic rings. The van der Waals surface area contributed by atoms with Gasteiger partial charge in [0.1, 0.15) is 6.17 Å². The molecule has 0 spiro atoms. The average Bonchev–Trinajstić information content (AvgIpc) is 2.67. The van der Waals surface area contributed by atoms with E-state index in [1.165, 1.54) is 0 Å². The summed E-state index contributed by atoms with van der Waals surface area (Å²) in [7, 11) is 3.15. The number of piperidine rings is 2. The average molecular weight is 380 g/mol. The first-order valence-electron chi connectivity index (χ1n) is 9.55. The van der Waals surface area contributed by atoms with Crippen molar-refractivity contribution in [3.05, 3.63) is 23.8 Å². The Morgan fingerprint density at radius 3 is 2.63 bits per heavy atom. The number of ether oxygens (including phenoxy) is 2. The quantitative estimate of drug-likeness (QED) is 0.818. The predicted molar refractivity (Wildman–Crippen MR) is 99.7 cm³/mol. The SMILES string of the molecule is COc1cccc(CN2CCCC(O)(CN3CCC(F)CC3)C2=O)c1OC. The van der Waals surface area contributed by atoms with Crippen LogP contribution in [0.1, 0.15) is 31.2 Å². The molecule has 2 heterocycles. The Balaban J connectivity index is 1.71. The highest BCUT2D eigenvalue weighted by Crippen LogP contribution is 2.33. The molecule has 1 aromatic rings. The molecule has 1 amide bonds. The molecule has 2 aliphatic heterocycles. The molecule has 3 rings (SSSR count). The van der Waals surface area contributed by atoms with Crippen LogP contribution < -0.4 is 9.47 Å². The van der Waals surface area contributed by atoms with Gasteiger partial charge in [-0.3, -0.25) is 9.69 Å². The summed E-state index contributed by atoms with van der Waals surface area (Å²) in [5, 5.41) is 11.1. The van der Waals surface area contributed by atoms with Crippen LogP contribution in [0.25, 0.3) is 0 Å². The van der Waals surface area contributed by atoms with Gasteiger partial charge in [-0.05, 0) is 31.7 Å². The standard InChI is InChI=1S/C20H29FN2O4/c1-26-17-6-3-5-15(18(17)27-2)13-23-10-4-9-20(25,19(23)24)14-22-11-7-16(21)8-12-22/h3,5-6,16,25H,4,7-14H2,1-2H3. The van der Waals surface area contributed by atoms with E-state index in [0.29, 0.717) is 56.9 Å². The lowest BCUT2D eigenvalue weighted by atomic mass is 9.90. The largest absolute Gasteiger partial charge is 0.493 e. The Hall–Kier alpha value is -1.86. The maximum atomic E-state index is 13.4. The minimum Gasteiger partial charge on any atom is -0.493 e. The van der Waals surface area contributed by atoms with Gasteiger partial charge in [-0.25, -0.2) is 4.39 Å². The second kappa shape index (κ2) is 8.44. The van der Waals surface area contributed by atoms with E-state index in [1.807, 2.05) is 23.1 Å². The molecule has 1 aromatic carbocycles. The van der Waals surface area contributed by atoms with E-state index in [4.69, 9.17) is 9.47 Å². The maximum absolute atomic E-state index is 13.4. The minimum atomic E-state index is -1.41. The summed E-state index contributed by atoms with van der Waals surface area (Å²) in [5.41, 5.74) is -0.569. The molecular formula is C20H29FN2O4. The normalized spacial score (nSPS) is 24.9. The number of likely N-dealkylation sites (tertiary alicyclic amines) is 2. The summed E-state index contributed by atoms with van der Waals surface area (Å²) < 4.78 is 24.1. The predicted octanol–water partition coefficient (Wildman–Crippen LogP) is 1.99. The van der Waals surface area contributed by atoms with Crippen molar-refractivity contribution >= 4 is 5.91 Å². The molecular weight excluding hydrogens is 351 g/mol. The number of alkyl halides is 1. The molecule has 6 nitrogen and oxygen atoms in total. The smallest absolute Gasteiger partial charge is 0.256 e. The number of β-amino-alcohol motifs (C(OH)–C–C–N with tert-alkyl or cyclic N) is 1. The van der Waals surface area contributed by atoms with Crippen LogP contribution >= 0.6 is 0 Å². The number of hydrogen-bond donors (Lipinski definition) is 1. The molecule has 1 atom stereocenters. The maximum Gasteiger partial charge on any atom is 0.256 e. The third-order valence-electron chi connectivity index (χ3n) is 5.55. The number of nitrogens with zero attached hydrogens (tertiary/aromatic N) is 2. The first kappa shape index (κ1) is 19.9. The summed E-state index contributed by atoms with van der Waals surface area (Å²) in [4.78, 5) is 16.7. The number of halogens is 1. The van der Waals surface area contributed by atoms with E-state index in [9.17, 15) is 14.3 Å². The fourth-order valence-electron chi connectivity index (χ4n) is 4.08. The van der Waals surface area contributed by atoms with Gasteiger partial charge >= 0.3 is 0 Å². The Labute approximate surface area is 159 Å². The van der Waals surface area contributed by atoms with Crippen LogP contribution in [-0.4, -0.2) is 73.0 Å². The third kappa shape index (κ3) is 4.35. The van der Waals surface area contributed by atoms with Gasteiger partial charge < -0.3 is 19.5 Å². The molecule has 1 unspecified atom stereocenters. The summed E-state index contributed by atoms with van der Waals surface area (Å²) >= 11 is 0. The van der Waals surface area contributed by atoms with E-state index in [2.05, 4.69) is 0 Å². The Kier molecular flexibility index (Phi) is 6.22. The molecule has 0 bridgehead atoms. The lowest BCUT2D eigenvalue weighted by Crippen LogP contribution is -2.59. The zero-order chi connectivity index (χ0) is 19.4. The van der Waals surface area contributed by atoms with Crippen molar-refractivity contribution in [2.24, 2.45) is 0 Å². The Morgan fingerprint density at radius 2 is 1.96 bits per heavy atom. The van der Waals surface area contributed by atoms with E-state index in [0.717, 1.165) is 12.0 Å². The van der Waals surface area contributed by atoms with Gasteiger partial charge in [-0.1, -0.05) is 12.1 Å². The van der Waals surface area contributed by atoms with E-state index in [-0.39, 0.29) is 12.5 Å². The van der Waals surface area contributed by atoms with Crippen molar-refractivity contribution in [3.8, 4) is 11.5 Å². The second-order valence-corrected chi connectivity index (χ2v) is 7.47. The first-order chi connectivity index (χ1) is 13.0. The molecule has 0 aromatic heterocycles. The van der Waals surface area contributed by atoms with E-state index >= 15 is 0 Å². The highest BCUT2D eigenvalue weighted by Gasteiger charge is 2.43. The zero-order valence-corrected chi connectivity index (χ0v) is 16.1. The summed E-state index contributed by atoms with van der Waals surface area (Å²) in [6.45, 7) is 2.38. The molecule has 2 saturated heterocycles. The van der Waals surface area contributed by atoms with Crippen molar-refractivity contribution in [2.45, 2.75) is 44.0 Å².